The van der Waals surface area contributed by atoms with Crippen molar-refractivity contribution in [3.63, 3.8) is 0 Å². The molecule has 0 spiro atoms. The second-order valence-corrected chi connectivity index (χ2v) is 8.97. The van der Waals surface area contributed by atoms with Gasteiger partial charge in [-0.15, -0.1) is 0 Å². The molecule has 4 nitrogen and oxygen atoms in total. The molecule has 1 aromatic heterocycles. The maximum atomic E-state index is 13.4. The number of fused-ring (bicyclic) bond motifs is 1. The number of nitrogens with zero attached hydrogens (tertiary/aromatic N) is 2. The first kappa shape index (κ1) is 21.8. The molecule has 1 amide bonds. The summed E-state index contributed by atoms with van der Waals surface area (Å²) in [4.78, 5) is 17.1. The van der Waals surface area contributed by atoms with Gasteiger partial charge in [0.2, 0.25) is 0 Å². The molecule has 3 aromatic rings. The molecule has 1 saturated heterocycles. The number of likely N-dealkylation sites (tertiary alicyclic amines) is 1. The number of carbonyl (C=O) groups excluding carboxylic acids is 1. The highest BCUT2D eigenvalue weighted by Crippen LogP contribution is 2.38. The van der Waals surface area contributed by atoms with E-state index in [1.807, 2.05) is 6.07 Å². The van der Waals surface area contributed by atoms with E-state index in [9.17, 15) is 18.0 Å². The van der Waals surface area contributed by atoms with Gasteiger partial charge in [0.25, 0.3) is 5.91 Å². The SMILES string of the molecule is O=C(c1ccoc1)N1CC(CN2CCc3ccccc3C2)C(c2cccc(C(F)(F)F)c2)C1. The van der Waals surface area contributed by atoms with Crippen LogP contribution in [0.1, 0.15) is 38.5 Å². The summed E-state index contributed by atoms with van der Waals surface area (Å²) >= 11 is 0. The van der Waals surface area contributed by atoms with E-state index in [1.54, 1.807) is 17.0 Å². The van der Waals surface area contributed by atoms with Crippen molar-refractivity contribution in [3.05, 3.63) is 94.9 Å². The summed E-state index contributed by atoms with van der Waals surface area (Å²) < 4.78 is 45.2. The first-order valence-electron chi connectivity index (χ1n) is 11.2. The summed E-state index contributed by atoms with van der Waals surface area (Å²) in [7, 11) is 0. The summed E-state index contributed by atoms with van der Waals surface area (Å²) in [5, 5.41) is 0. The van der Waals surface area contributed by atoms with Crippen LogP contribution < -0.4 is 0 Å². The quantitative estimate of drug-likeness (QED) is 0.543. The van der Waals surface area contributed by atoms with Gasteiger partial charge in [-0.3, -0.25) is 9.69 Å². The molecule has 2 unspecified atom stereocenters. The molecule has 0 bridgehead atoms. The first-order chi connectivity index (χ1) is 15.9. The van der Waals surface area contributed by atoms with Crippen LogP contribution >= 0.6 is 0 Å². The second kappa shape index (κ2) is 8.71. The number of hydrogen-bond acceptors (Lipinski definition) is 3. The van der Waals surface area contributed by atoms with Crippen LogP contribution in [0.2, 0.25) is 0 Å². The van der Waals surface area contributed by atoms with Crippen molar-refractivity contribution in [1.82, 2.24) is 9.80 Å². The van der Waals surface area contributed by atoms with Crippen LogP contribution in [-0.4, -0.2) is 41.9 Å². The Bertz CT molecular complexity index is 1130. The van der Waals surface area contributed by atoms with E-state index in [0.717, 1.165) is 32.1 Å². The van der Waals surface area contributed by atoms with E-state index in [1.165, 1.54) is 35.8 Å². The van der Waals surface area contributed by atoms with Crippen LogP contribution in [0.4, 0.5) is 13.2 Å². The number of hydrogen-bond donors (Lipinski definition) is 0. The fourth-order valence-corrected chi connectivity index (χ4v) is 5.16. The van der Waals surface area contributed by atoms with Crippen LogP contribution in [0.25, 0.3) is 0 Å². The topological polar surface area (TPSA) is 36.7 Å². The van der Waals surface area contributed by atoms with Crippen molar-refractivity contribution in [2.45, 2.75) is 25.1 Å². The number of carbonyl (C=O) groups is 1. The van der Waals surface area contributed by atoms with Crippen LogP contribution in [0.5, 0.6) is 0 Å². The number of furan rings is 1. The Kier molecular flexibility index (Phi) is 5.74. The minimum atomic E-state index is -4.40. The standard InChI is InChI=1S/C26H25F3N2O2/c27-26(28,29)23-7-3-6-19(12-23)24-16-31(25(32)21-9-11-33-17-21)15-22(24)14-30-10-8-18-4-1-2-5-20(18)13-30/h1-7,9,11-12,17,22,24H,8,10,13-16H2. The van der Waals surface area contributed by atoms with E-state index >= 15 is 0 Å². The van der Waals surface area contributed by atoms with Gasteiger partial charge in [-0.05, 0) is 41.2 Å². The van der Waals surface area contributed by atoms with E-state index in [-0.39, 0.29) is 17.7 Å². The van der Waals surface area contributed by atoms with Gasteiger partial charge in [-0.2, -0.15) is 13.2 Å². The molecule has 2 aromatic carbocycles. The summed E-state index contributed by atoms with van der Waals surface area (Å²) in [6, 6.07) is 15.6. The molecule has 3 heterocycles. The van der Waals surface area contributed by atoms with Gasteiger partial charge in [0, 0.05) is 38.6 Å². The van der Waals surface area contributed by atoms with Crippen molar-refractivity contribution >= 4 is 5.91 Å². The van der Waals surface area contributed by atoms with Crippen molar-refractivity contribution in [2.75, 3.05) is 26.2 Å². The van der Waals surface area contributed by atoms with Crippen LogP contribution in [-0.2, 0) is 19.1 Å². The third-order valence-electron chi connectivity index (χ3n) is 6.84. The molecule has 5 rings (SSSR count). The van der Waals surface area contributed by atoms with Crippen molar-refractivity contribution in [1.29, 1.82) is 0 Å². The maximum absolute atomic E-state index is 13.4. The number of halogens is 3. The molecule has 0 N–H and O–H groups in total. The fourth-order valence-electron chi connectivity index (χ4n) is 5.16. The zero-order valence-electron chi connectivity index (χ0n) is 18.1. The lowest BCUT2D eigenvalue weighted by Crippen LogP contribution is -2.37. The van der Waals surface area contributed by atoms with Gasteiger partial charge >= 0.3 is 6.18 Å². The molecule has 2 aliphatic rings. The Morgan fingerprint density at radius 3 is 2.61 bits per heavy atom. The normalized spacial score (nSPS) is 21.2. The molecule has 33 heavy (non-hydrogen) atoms. The molecule has 2 aliphatic heterocycles. The number of alkyl halides is 3. The molecule has 2 atom stereocenters. The number of benzene rings is 2. The van der Waals surface area contributed by atoms with E-state index in [4.69, 9.17) is 4.42 Å². The van der Waals surface area contributed by atoms with Crippen LogP contribution in [0.3, 0.4) is 0 Å². The van der Waals surface area contributed by atoms with Gasteiger partial charge in [0.05, 0.1) is 17.4 Å². The largest absolute Gasteiger partial charge is 0.472 e. The summed E-state index contributed by atoms with van der Waals surface area (Å²) in [6.45, 7) is 3.34. The molecule has 7 heteroatoms. The van der Waals surface area contributed by atoms with E-state index in [2.05, 4.69) is 23.1 Å². The van der Waals surface area contributed by atoms with Gasteiger partial charge in [-0.25, -0.2) is 0 Å². The lowest BCUT2D eigenvalue weighted by Gasteiger charge is -2.32. The van der Waals surface area contributed by atoms with Gasteiger partial charge in [0.15, 0.2) is 0 Å². The third-order valence-corrected chi connectivity index (χ3v) is 6.84. The number of rotatable bonds is 4. The number of amides is 1. The van der Waals surface area contributed by atoms with Crippen molar-refractivity contribution < 1.29 is 22.4 Å². The third kappa shape index (κ3) is 4.55. The molecule has 0 aliphatic carbocycles. The Labute approximate surface area is 190 Å². The van der Waals surface area contributed by atoms with E-state index in [0.29, 0.717) is 24.2 Å². The lowest BCUT2D eigenvalue weighted by atomic mass is 9.87. The van der Waals surface area contributed by atoms with Crippen molar-refractivity contribution in [2.24, 2.45) is 5.92 Å². The predicted octanol–water partition coefficient (Wildman–Crippen LogP) is 5.21. The summed E-state index contributed by atoms with van der Waals surface area (Å²) in [5.74, 6) is -0.276. The van der Waals surface area contributed by atoms with Gasteiger partial charge in [-0.1, -0.05) is 42.5 Å². The highest BCUT2D eigenvalue weighted by molar-refractivity contribution is 5.94. The average Bonchev–Trinajstić information content (AvgIpc) is 3.49. The molecule has 0 saturated carbocycles. The fraction of sp³-hybridized carbons (Fsp3) is 0.346. The summed E-state index contributed by atoms with van der Waals surface area (Å²) in [5.41, 5.74) is 3.10. The minimum Gasteiger partial charge on any atom is -0.472 e. The van der Waals surface area contributed by atoms with Crippen LogP contribution in [0.15, 0.2) is 71.5 Å². The Morgan fingerprint density at radius 2 is 1.85 bits per heavy atom. The Hall–Kier alpha value is -3.06. The molecule has 0 radical (unpaired) electrons. The average molecular weight is 454 g/mol. The Balaban J connectivity index is 1.40. The molecule has 172 valence electrons. The lowest BCUT2D eigenvalue weighted by molar-refractivity contribution is -0.137. The first-order valence-corrected chi connectivity index (χ1v) is 11.2. The molecule has 1 fully saturated rings. The second-order valence-electron chi connectivity index (χ2n) is 8.97. The highest BCUT2D eigenvalue weighted by atomic mass is 19.4. The molecular formula is C26H25F3N2O2. The zero-order valence-corrected chi connectivity index (χ0v) is 18.1. The van der Waals surface area contributed by atoms with Gasteiger partial charge in [0.1, 0.15) is 6.26 Å². The Morgan fingerprint density at radius 1 is 1.03 bits per heavy atom. The predicted molar refractivity (Wildman–Crippen MR) is 118 cm³/mol. The minimum absolute atomic E-state index is 0.0367. The monoisotopic (exact) mass is 454 g/mol. The van der Waals surface area contributed by atoms with Gasteiger partial charge < -0.3 is 9.32 Å². The van der Waals surface area contributed by atoms with Crippen molar-refractivity contribution in [3.8, 4) is 0 Å². The smallest absolute Gasteiger partial charge is 0.416 e. The maximum Gasteiger partial charge on any atom is 0.416 e. The summed E-state index contributed by atoms with van der Waals surface area (Å²) in [6.07, 6.45) is -0.575. The zero-order chi connectivity index (χ0) is 23.0. The molecular weight excluding hydrogens is 429 g/mol. The highest BCUT2D eigenvalue weighted by Gasteiger charge is 2.39. The van der Waals surface area contributed by atoms with Crippen LogP contribution in [0, 0.1) is 5.92 Å². The van der Waals surface area contributed by atoms with E-state index < -0.39 is 11.7 Å².